The van der Waals surface area contributed by atoms with Crippen LogP contribution < -0.4 is 5.73 Å². The maximum absolute atomic E-state index is 13.2. The number of nitrogens with zero attached hydrogens (tertiary/aromatic N) is 1. The number of rotatable bonds is 3. The maximum Gasteiger partial charge on any atom is 0.340 e. The Morgan fingerprint density at radius 3 is 2.81 bits per heavy atom. The number of hydrogen-bond acceptors (Lipinski definition) is 4. The van der Waals surface area contributed by atoms with Gasteiger partial charge in [0.1, 0.15) is 12.4 Å². The predicted octanol–water partition coefficient (Wildman–Crippen LogP) is 3.29. The van der Waals surface area contributed by atoms with Crippen molar-refractivity contribution in [2.75, 3.05) is 5.73 Å². The Hall–Kier alpha value is -2.58. The zero-order valence-corrected chi connectivity index (χ0v) is 11.5. The van der Waals surface area contributed by atoms with Gasteiger partial charge < -0.3 is 10.5 Å². The third-order valence-corrected chi connectivity index (χ3v) is 3.00. The van der Waals surface area contributed by atoms with Gasteiger partial charge in [-0.15, -0.1) is 0 Å². The van der Waals surface area contributed by atoms with E-state index in [1.807, 2.05) is 6.07 Å². The van der Waals surface area contributed by atoms with Crippen molar-refractivity contribution < 1.29 is 13.9 Å². The molecule has 0 heterocycles. The number of hydrogen-bond donors (Lipinski definition) is 1. The molecule has 0 aliphatic heterocycles. The van der Waals surface area contributed by atoms with Crippen LogP contribution in [0.4, 0.5) is 10.1 Å². The van der Waals surface area contributed by atoms with E-state index < -0.39 is 11.8 Å². The van der Waals surface area contributed by atoms with Crippen molar-refractivity contribution in [1.82, 2.24) is 0 Å². The second kappa shape index (κ2) is 6.25. The number of carbonyl (C=O) groups is 1. The molecule has 0 unspecified atom stereocenters. The van der Waals surface area contributed by atoms with Crippen molar-refractivity contribution >= 4 is 23.3 Å². The first kappa shape index (κ1) is 14.8. The molecule has 0 fully saturated rings. The lowest BCUT2D eigenvalue weighted by Crippen LogP contribution is -2.07. The number of anilines is 1. The van der Waals surface area contributed by atoms with Gasteiger partial charge in [-0.25, -0.2) is 9.18 Å². The molecule has 0 spiro atoms. The summed E-state index contributed by atoms with van der Waals surface area (Å²) in [7, 11) is 0. The third kappa shape index (κ3) is 3.71. The van der Waals surface area contributed by atoms with Gasteiger partial charge in [0.15, 0.2) is 0 Å². The smallest absolute Gasteiger partial charge is 0.340 e. The van der Waals surface area contributed by atoms with E-state index in [4.69, 9.17) is 27.3 Å². The fraction of sp³-hybridized carbons (Fsp3) is 0.0667. The van der Waals surface area contributed by atoms with Crippen LogP contribution in [0.2, 0.25) is 5.02 Å². The molecule has 0 radical (unpaired) electrons. The van der Waals surface area contributed by atoms with Crippen LogP contribution in [-0.2, 0) is 11.3 Å². The largest absolute Gasteiger partial charge is 0.457 e. The van der Waals surface area contributed by atoms with Gasteiger partial charge in [-0.1, -0.05) is 11.6 Å². The Kier molecular flexibility index (Phi) is 4.41. The molecule has 6 heteroatoms. The molecule has 0 bridgehead atoms. The Labute approximate surface area is 125 Å². The quantitative estimate of drug-likeness (QED) is 0.697. The molecule has 0 saturated carbocycles. The fourth-order valence-corrected chi connectivity index (χ4v) is 1.92. The molecule has 106 valence electrons. The lowest BCUT2D eigenvalue weighted by molar-refractivity contribution is 0.0472. The minimum atomic E-state index is -0.671. The van der Waals surface area contributed by atoms with Crippen molar-refractivity contribution in [3.8, 4) is 6.07 Å². The number of carbonyl (C=O) groups excluding carboxylic acids is 1. The Balaban J connectivity index is 2.13. The number of nitrogen functional groups attached to an aromatic ring is 1. The zero-order chi connectivity index (χ0) is 15.4. The average Bonchev–Trinajstić information content (AvgIpc) is 2.46. The molecule has 2 aromatic carbocycles. The number of nitriles is 1. The first-order valence-corrected chi connectivity index (χ1v) is 6.29. The highest BCUT2D eigenvalue weighted by atomic mass is 35.5. The van der Waals surface area contributed by atoms with Gasteiger partial charge in [-0.3, -0.25) is 0 Å². The predicted molar refractivity (Wildman–Crippen MR) is 76.1 cm³/mol. The summed E-state index contributed by atoms with van der Waals surface area (Å²) in [5.41, 5.74) is 6.62. The van der Waals surface area contributed by atoms with Crippen LogP contribution in [-0.4, -0.2) is 5.97 Å². The standard InChI is InChI=1S/C15H10ClFN2O2/c16-14-2-1-12(19)6-13(14)15(20)21-8-10-3-9(7-18)4-11(17)5-10/h1-6H,8,19H2. The number of halogens is 2. The second-order valence-electron chi connectivity index (χ2n) is 4.28. The highest BCUT2D eigenvalue weighted by Gasteiger charge is 2.13. The van der Waals surface area contributed by atoms with Gasteiger partial charge in [-0.05, 0) is 42.0 Å². The molecular weight excluding hydrogens is 295 g/mol. The third-order valence-electron chi connectivity index (χ3n) is 2.67. The van der Waals surface area contributed by atoms with Crippen LogP contribution in [0.15, 0.2) is 36.4 Å². The normalized spacial score (nSPS) is 9.95. The van der Waals surface area contributed by atoms with Crippen molar-refractivity contribution in [3.63, 3.8) is 0 Å². The van der Waals surface area contributed by atoms with E-state index in [0.29, 0.717) is 11.3 Å². The number of esters is 1. The van der Waals surface area contributed by atoms with E-state index in [1.165, 1.54) is 24.3 Å². The summed E-state index contributed by atoms with van der Waals surface area (Å²) in [6.07, 6.45) is 0. The van der Waals surface area contributed by atoms with Gasteiger partial charge in [0.25, 0.3) is 0 Å². The zero-order valence-electron chi connectivity index (χ0n) is 10.8. The van der Waals surface area contributed by atoms with Crippen LogP contribution in [0.25, 0.3) is 0 Å². The molecule has 0 aliphatic carbocycles. The van der Waals surface area contributed by atoms with Crippen molar-refractivity contribution in [1.29, 1.82) is 5.26 Å². The van der Waals surface area contributed by atoms with Crippen LogP contribution >= 0.6 is 11.6 Å². The molecule has 2 aromatic rings. The second-order valence-corrected chi connectivity index (χ2v) is 4.68. The minimum Gasteiger partial charge on any atom is -0.457 e. The number of nitrogens with two attached hydrogens (primary N) is 1. The number of benzene rings is 2. The van der Waals surface area contributed by atoms with E-state index >= 15 is 0 Å². The van der Waals surface area contributed by atoms with E-state index in [-0.39, 0.29) is 22.8 Å². The van der Waals surface area contributed by atoms with E-state index in [0.717, 1.165) is 6.07 Å². The molecule has 0 atom stereocenters. The topological polar surface area (TPSA) is 76.1 Å². The summed E-state index contributed by atoms with van der Waals surface area (Å²) >= 11 is 5.89. The first-order valence-electron chi connectivity index (χ1n) is 5.91. The van der Waals surface area contributed by atoms with Crippen molar-refractivity contribution in [2.45, 2.75) is 6.61 Å². The summed E-state index contributed by atoms with van der Waals surface area (Å²) in [6.45, 7) is -0.170. The lowest BCUT2D eigenvalue weighted by atomic mass is 10.1. The highest BCUT2D eigenvalue weighted by Crippen LogP contribution is 2.20. The molecule has 4 nitrogen and oxygen atoms in total. The molecule has 21 heavy (non-hydrogen) atoms. The Morgan fingerprint density at radius 2 is 2.10 bits per heavy atom. The number of ether oxygens (including phenoxy) is 1. The molecular formula is C15H10ClFN2O2. The fourth-order valence-electron chi connectivity index (χ4n) is 1.72. The average molecular weight is 305 g/mol. The maximum atomic E-state index is 13.2. The van der Waals surface area contributed by atoms with Crippen molar-refractivity contribution in [2.24, 2.45) is 0 Å². The Bertz CT molecular complexity index is 741. The minimum absolute atomic E-state index is 0.133. The summed E-state index contributed by atoms with van der Waals surface area (Å²) in [4.78, 5) is 11.9. The van der Waals surface area contributed by atoms with Gasteiger partial charge in [0.05, 0.1) is 22.2 Å². The lowest BCUT2D eigenvalue weighted by Gasteiger charge is -2.07. The van der Waals surface area contributed by atoms with E-state index in [9.17, 15) is 9.18 Å². The highest BCUT2D eigenvalue weighted by molar-refractivity contribution is 6.33. The van der Waals surface area contributed by atoms with E-state index in [1.54, 1.807) is 6.07 Å². The van der Waals surface area contributed by atoms with Crippen LogP contribution in [0, 0.1) is 17.1 Å². The molecule has 2 N–H and O–H groups in total. The molecule has 0 aromatic heterocycles. The monoisotopic (exact) mass is 304 g/mol. The molecule has 0 aliphatic rings. The summed E-state index contributed by atoms with van der Waals surface area (Å²) in [5, 5.41) is 8.97. The van der Waals surface area contributed by atoms with Gasteiger partial charge >= 0.3 is 5.97 Å². The van der Waals surface area contributed by atoms with Gasteiger partial charge in [-0.2, -0.15) is 5.26 Å². The van der Waals surface area contributed by atoms with Gasteiger partial charge in [0, 0.05) is 5.69 Å². The van der Waals surface area contributed by atoms with Crippen molar-refractivity contribution in [3.05, 3.63) is 63.9 Å². The Morgan fingerprint density at radius 1 is 1.33 bits per heavy atom. The molecule has 0 saturated heterocycles. The summed E-state index contributed by atoms with van der Waals surface area (Å²) < 4.78 is 18.3. The van der Waals surface area contributed by atoms with Crippen LogP contribution in [0.5, 0.6) is 0 Å². The SMILES string of the molecule is N#Cc1cc(F)cc(COC(=O)c2cc(N)ccc2Cl)c1. The molecule has 2 rings (SSSR count). The van der Waals surface area contributed by atoms with Crippen LogP contribution in [0.1, 0.15) is 21.5 Å². The molecule has 0 amide bonds. The van der Waals surface area contributed by atoms with Gasteiger partial charge in [0.2, 0.25) is 0 Å². The van der Waals surface area contributed by atoms with E-state index in [2.05, 4.69) is 0 Å². The first-order chi connectivity index (χ1) is 9.99. The van der Waals surface area contributed by atoms with Crippen LogP contribution in [0.3, 0.4) is 0 Å². The summed E-state index contributed by atoms with van der Waals surface area (Å²) in [6, 6.07) is 10.0. The summed E-state index contributed by atoms with van der Waals surface area (Å²) in [5.74, 6) is -1.24.